The van der Waals surface area contributed by atoms with Gasteiger partial charge in [0, 0.05) is 12.1 Å². The summed E-state index contributed by atoms with van der Waals surface area (Å²) in [5.74, 6) is 0.751. The lowest BCUT2D eigenvalue weighted by atomic mass is 9.93. The number of nitro benzene ring substituents is 1. The highest BCUT2D eigenvalue weighted by molar-refractivity contribution is 5.45. The Labute approximate surface area is 123 Å². The Kier molecular flexibility index (Phi) is 4.55. The summed E-state index contributed by atoms with van der Waals surface area (Å²) in [5.41, 5.74) is 9.05. The van der Waals surface area contributed by atoms with E-state index in [1.807, 2.05) is 31.2 Å². The average molecular weight is 286 g/mol. The normalized spacial score (nSPS) is 12.0. The van der Waals surface area contributed by atoms with E-state index in [1.54, 1.807) is 19.2 Å². The maximum atomic E-state index is 10.9. The summed E-state index contributed by atoms with van der Waals surface area (Å²) in [5, 5.41) is 10.9. The molecule has 21 heavy (non-hydrogen) atoms. The van der Waals surface area contributed by atoms with Gasteiger partial charge in [-0.05, 0) is 35.2 Å². The molecule has 2 aromatic carbocycles. The molecule has 5 heteroatoms. The van der Waals surface area contributed by atoms with Gasteiger partial charge in [-0.1, -0.05) is 25.1 Å². The molecule has 1 unspecified atom stereocenters. The summed E-state index contributed by atoms with van der Waals surface area (Å²) >= 11 is 0. The van der Waals surface area contributed by atoms with Crippen molar-refractivity contribution in [2.45, 2.75) is 19.4 Å². The molecule has 2 aromatic rings. The number of non-ortho nitro benzene ring substituents is 1. The number of aryl methyl sites for hydroxylation is 1. The van der Waals surface area contributed by atoms with Crippen molar-refractivity contribution in [1.82, 2.24) is 0 Å². The second-order valence-electron chi connectivity index (χ2n) is 4.74. The quantitative estimate of drug-likeness (QED) is 0.676. The Hall–Kier alpha value is -2.40. The lowest BCUT2D eigenvalue weighted by Gasteiger charge is -2.16. The molecule has 0 fully saturated rings. The molecule has 2 rings (SSSR count). The fraction of sp³-hybridized carbons (Fsp3) is 0.250. The summed E-state index contributed by atoms with van der Waals surface area (Å²) in [6, 6.07) is 11.9. The fourth-order valence-electron chi connectivity index (χ4n) is 2.30. The molecular formula is C16H18N2O3. The molecule has 0 saturated heterocycles. The first-order valence-corrected chi connectivity index (χ1v) is 6.73. The zero-order valence-electron chi connectivity index (χ0n) is 12.1. The van der Waals surface area contributed by atoms with Gasteiger partial charge < -0.3 is 10.5 Å². The molecule has 0 heterocycles. The van der Waals surface area contributed by atoms with Gasteiger partial charge in [-0.15, -0.1) is 0 Å². The Morgan fingerprint density at radius 3 is 2.43 bits per heavy atom. The Bertz CT molecular complexity index is 638. The number of nitro groups is 1. The van der Waals surface area contributed by atoms with Gasteiger partial charge in [0.2, 0.25) is 0 Å². The third-order valence-electron chi connectivity index (χ3n) is 3.53. The van der Waals surface area contributed by atoms with E-state index in [0.717, 1.165) is 28.9 Å². The molecule has 0 saturated carbocycles. The van der Waals surface area contributed by atoms with E-state index in [4.69, 9.17) is 10.5 Å². The third-order valence-corrected chi connectivity index (χ3v) is 3.53. The molecule has 0 aromatic heterocycles. The van der Waals surface area contributed by atoms with Crippen LogP contribution in [0.1, 0.15) is 29.7 Å². The number of rotatable bonds is 5. The highest BCUT2D eigenvalue weighted by atomic mass is 16.6. The molecule has 0 bridgehead atoms. The lowest BCUT2D eigenvalue weighted by molar-refractivity contribution is -0.384. The van der Waals surface area contributed by atoms with Crippen molar-refractivity contribution in [2.24, 2.45) is 5.73 Å². The molecule has 5 nitrogen and oxygen atoms in total. The van der Waals surface area contributed by atoms with Crippen molar-refractivity contribution < 1.29 is 9.66 Å². The predicted octanol–water partition coefficient (Wildman–Crippen LogP) is 3.21. The maximum Gasteiger partial charge on any atom is 0.269 e. The Morgan fingerprint density at radius 1 is 1.24 bits per heavy atom. The van der Waals surface area contributed by atoms with E-state index in [-0.39, 0.29) is 5.69 Å². The lowest BCUT2D eigenvalue weighted by Crippen LogP contribution is -2.14. The van der Waals surface area contributed by atoms with Crippen molar-refractivity contribution >= 4 is 5.69 Å². The highest BCUT2D eigenvalue weighted by Crippen LogP contribution is 2.28. The van der Waals surface area contributed by atoms with Crippen LogP contribution >= 0.6 is 0 Å². The van der Waals surface area contributed by atoms with Gasteiger partial charge in [0.15, 0.2) is 0 Å². The first-order valence-electron chi connectivity index (χ1n) is 6.73. The molecule has 2 N–H and O–H groups in total. The minimum atomic E-state index is -0.399. The summed E-state index contributed by atoms with van der Waals surface area (Å²) in [4.78, 5) is 10.5. The molecule has 0 spiro atoms. The summed E-state index contributed by atoms with van der Waals surface area (Å²) < 4.78 is 5.12. The zero-order chi connectivity index (χ0) is 15.4. The number of ether oxygens (including phenoxy) is 1. The number of benzene rings is 2. The van der Waals surface area contributed by atoms with Crippen LogP contribution in [0.15, 0.2) is 42.5 Å². The summed E-state index contributed by atoms with van der Waals surface area (Å²) in [6.07, 6.45) is 0.775. The zero-order valence-corrected chi connectivity index (χ0v) is 12.1. The summed E-state index contributed by atoms with van der Waals surface area (Å²) in [7, 11) is 1.60. The van der Waals surface area contributed by atoms with Gasteiger partial charge in [-0.25, -0.2) is 0 Å². The van der Waals surface area contributed by atoms with Crippen LogP contribution in [-0.2, 0) is 6.42 Å². The molecule has 0 radical (unpaired) electrons. The molecule has 110 valence electrons. The molecule has 0 aliphatic heterocycles. The summed E-state index contributed by atoms with van der Waals surface area (Å²) in [6.45, 7) is 2.01. The molecule has 0 aliphatic carbocycles. The topological polar surface area (TPSA) is 78.4 Å². The van der Waals surface area contributed by atoms with E-state index in [1.165, 1.54) is 6.07 Å². The standard InChI is InChI=1S/C16H18N2O3/c1-3-11-4-7-13(18(19)20)10-15(11)16(17)12-5-8-14(21-2)9-6-12/h4-10,16H,3,17H2,1-2H3. The van der Waals surface area contributed by atoms with E-state index >= 15 is 0 Å². The Morgan fingerprint density at radius 2 is 1.90 bits per heavy atom. The van der Waals surface area contributed by atoms with Crippen LogP contribution in [0.5, 0.6) is 5.75 Å². The molecule has 0 amide bonds. The SMILES string of the molecule is CCc1ccc([N+](=O)[O-])cc1C(N)c1ccc(OC)cc1. The van der Waals surface area contributed by atoms with Gasteiger partial charge in [-0.3, -0.25) is 10.1 Å². The van der Waals surface area contributed by atoms with Gasteiger partial charge in [0.1, 0.15) is 5.75 Å². The average Bonchev–Trinajstić information content (AvgIpc) is 2.53. The highest BCUT2D eigenvalue weighted by Gasteiger charge is 2.17. The smallest absolute Gasteiger partial charge is 0.269 e. The molecule has 1 atom stereocenters. The second-order valence-corrected chi connectivity index (χ2v) is 4.74. The number of methoxy groups -OCH3 is 1. The number of hydrogen-bond donors (Lipinski definition) is 1. The Balaban J connectivity index is 2.42. The van der Waals surface area contributed by atoms with Crippen molar-refractivity contribution in [1.29, 1.82) is 0 Å². The van der Waals surface area contributed by atoms with E-state index in [0.29, 0.717) is 0 Å². The van der Waals surface area contributed by atoms with Gasteiger partial charge in [0.05, 0.1) is 18.1 Å². The first kappa shape index (κ1) is 15.0. The van der Waals surface area contributed by atoms with E-state index in [9.17, 15) is 10.1 Å². The van der Waals surface area contributed by atoms with Crippen molar-refractivity contribution in [3.8, 4) is 5.75 Å². The molecular weight excluding hydrogens is 268 g/mol. The fourth-order valence-corrected chi connectivity index (χ4v) is 2.30. The van der Waals surface area contributed by atoms with Gasteiger partial charge in [-0.2, -0.15) is 0 Å². The minimum Gasteiger partial charge on any atom is -0.497 e. The van der Waals surface area contributed by atoms with Crippen LogP contribution in [0.3, 0.4) is 0 Å². The van der Waals surface area contributed by atoms with Crippen molar-refractivity contribution in [3.63, 3.8) is 0 Å². The van der Waals surface area contributed by atoms with Gasteiger partial charge in [0.25, 0.3) is 5.69 Å². The third kappa shape index (κ3) is 3.20. The number of hydrogen-bond acceptors (Lipinski definition) is 4. The number of nitrogens with zero attached hydrogens (tertiary/aromatic N) is 1. The second kappa shape index (κ2) is 6.37. The van der Waals surface area contributed by atoms with Crippen LogP contribution in [0, 0.1) is 10.1 Å². The van der Waals surface area contributed by atoms with E-state index in [2.05, 4.69) is 0 Å². The first-order chi connectivity index (χ1) is 10.1. The minimum absolute atomic E-state index is 0.0613. The largest absolute Gasteiger partial charge is 0.497 e. The maximum absolute atomic E-state index is 10.9. The van der Waals surface area contributed by atoms with E-state index < -0.39 is 11.0 Å². The number of nitrogens with two attached hydrogens (primary N) is 1. The van der Waals surface area contributed by atoms with Crippen LogP contribution in [0.25, 0.3) is 0 Å². The molecule has 0 aliphatic rings. The van der Waals surface area contributed by atoms with Crippen LogP contribution in [0.4, 0.5) is 5.69 Å². The van der Waals surface area contributed by atoms with Crippen LogP contribution < -0.4 is 10.5 Å². The van der Waals surface area contributed by atoms with Crippen molar-refractivity contribution in [3.05, 3.63) is 69.3 Å². The predicted molar refractivity (Wildman–Crippen MR) is 81.5 cm³/mol. The van der Waals surface area contributed by atoms with Gasteiger partial charge >= 0.3 is 0 Å². The van der Waals surface area contributed by atoms with Crippen LogP contribution in [0.2, 0.25) is 0 Å². The van der Waals surface area contributed by atoms with Crippen LogP contribution in [-0.4, -0.2) is 12.0 Å². The monoisotopic (exact) mass is 286 g/mol. The van der Waals surface area contributed by atoms with Crippen molar-refractivity contribution in [2.75, 3.05) is 7.11 Å².